The molecule has 2 aromatic rings. The molecule has 0 spiro atoms. The Labute approximate surface area is 167 Å². The summed E-state index contributed by atoms with van der Waals surface area (Å²) in [6, 6.07) is 16.9. The molecule has 4 nitrogen and oxygen atoms in total. The average Bonchev–Trinajstić information content (AvgIpc) is 3.27. The fourth-order valence-electron chi connectivity index (χ4n) is 3.78. The van der Waals surface area contributed by atoms with Crippen LogP contribution in [0.15, 0.2) is 48.5 Å². The smallest absolute Gasteiger partial charge is 0.165 e. The van der Waals surface area contributed by atoms with Gasteiger partial charge in [0.15, 0.2) is 5.78 Å². The van der Waals surface area contributed by atoms with Gasteiger partial charge in [-0.1, -0.05) is 60.4 Å². The lowest BCUT2D eigenvalue weighted by Crippen LogP contribution is -2.19. The molecular weight excluding hydrogens is 348 g/mol. The fraction of sp³-hybridized carbons (Fsp3) is 0.292. The molecule has 4 rings (SSSR count). The first-order chi connectivity index (χ1) is 13.2. The van der Waals surface area contributed by atoms with Gasteiger partial charge in [0.25, 0.3) is 0 Å². The Morgan fingerprint density at radius 2 is 1.50 bits per heavy atom. The highest BCUT2D eigenvalue weighted by Crippen LogP contribution is 2.31. The van der Waals surface area contributed by atoms with Crippen molar-refractivity contribution in [2.75, 3.05) is 13.1 Å². The molecule has 4 N–H and O–H groups in total. The third-order valence-electron chi connectivity index (χ3n) is 5.06. The summed E-state index contributed by atoms with van der Waals surface area (Å²) in [7, 11) is 0. The van der Waals surface area contributed by atoms with E-state index in [1.54, 1.807) is 0 Å². The van der Waals surface area contributed by atoms with E-state index in [1.165, 1.54) is 24.0 Å². The Kier molecular flexibility index (Phi) is 7.99. The normalized spacial score (nSPS) is 18.6. The van der Waals surface area contributed by atoms with E-state index in [9.17, 15) is 4.79 Å². The standard InChI is InChI=1S/C12H11NO.C12H13N.H2O/c1-2-7-13-11-8-12(14)10-6-4-3-5-9(10)11;1-2-9-13-12-8-7-10-5-3-4-6-11(10)12;/h1,3-6,11,13H,7-8H2;1,3-6,12-13H,7-9H2;1H2/t11-;12-;/m11./s1. The molecule has 0 saturated carbocycles. The number of nitrogens with one attached hydrogen (secondary N) is 2. The minimum atomic E-state index is 0. The molecule has 2 aliphatic carbocycles. The monoisotopic (exact) mass is 374 g/mol. The van der Waals surface area contributed by atoms with Crippen LogP contribution in [-0.2, 0) is 6.42 Å². The van der Waals surface area contributed by atoms with Crippen molar-refractivity contribution >= 4 is 5.78 Å². The first kappa shape index (κ1) is 21.4. The van der Waals surface area contributed by atoms with Gasteiger partial charge in [-0.15, -0.1) is 12.8 Å². The number of rotatable bonds is 4. The maximum atomic E-state index is 11.5. The van der Waals surface area contributed by atoms with Crippen molar-refractivity contribution in [3.8, 4) is 24.7 Å². The zero-order chi connectivity index (χ0) is 19.1. The summed E-state index contributed by atoms with van der Waals surface area (Å²) >= 11 is 0. The summed E-state index contributed by atoms with van der Waals surface area (Å²) in [6.45, 7) is 1.17. The van der Waals surface area contributed by atoms with E-state index in [4.69, 9.17) is 12.8 Å². The van der Waals surface area contributed by atoms with Gasteiger partial charge in [0.05, 0.1) is 13.1 Å². The van der Waals surface area contributed by atoms with Crippen LogP contribution in [0.4, 0.5) is 0 Å². The summed E-state index contributed by atoms with van der Waals surface area (Å²) in [4.78, 5) is 11.5. The first-order valence-electron chi connectivity index (χ1n) is 9.28. The zero-order valence-corrected chi connectivity index (χ0v) is 15.9. The van der Waals surface area contributed by atoms with Crippen molar-refractivity contribution in [1.82, 2.24) is 10.6 Å². The number of carbonyl (C=O) groups excluding carboxylic acids is 1. The van der Waals surface area contributed by atoms with Crippen molar-refractivity contribution in [3.63, 3.8) is 0 Å². The summed E-state index contributed by atoms with van der Waals surface area (Å²) < 4.78 is 0. The maximum Gasteiger partial charge on any atom is 0.165 e. The molecule has 0 aliphatic heterocycles. The number of carbonyl (C=O) groups is 1. The highest BCUT2D eigenvalue weighted by Gasteiger charge is 2.27. The number of Topliss-reactive ketones (excluding diaryl/α,β-unsaturated/α-hetero) is 1. The van der Waals surface area contributed by atoms with Crippen LogP contribution in [0.25, 0.3) is 0 Å². The average molecular weight is 374 g/mol. The Morgan fingerprint density at radius 1 is 0.893 bits per heavy atom. The number of ketones is 1. The number of hydrogen-bond acceptors (Lipinski definition) is 3. The van der Waals surface area contributed by atoms with E-state index in [1.807, 2.05) is 24.3 Å². The van der Waals surface area contributed by atoms with Gasteiger partial charge in [-0.3, -0.25) is 15.4 Å². The summed E-state index contributed by atoms with van der Waals surface area (Å²) in [5.74, 6) is 5.34. The highest BCUT2D eigenvalue weighted by atomic mass is 16.1. The van der Waals surface area contributed by atoms with Crippen LogP contribution < -0.4 is 10.6 Å². The Balaban J connectivity index is 0.000000194. The Hall–Kier alpha value is -2.89. The van der Waals surface area contributed by atoms with E-state index in [-0.39, 0.29) is 17.3 Å². The lowest BCUT2D eigenvalue weighted by Gasteiger charge is -2.10. The molecule has 0 unspecified atom stereocenters. The number of aryl methyl sites for hydroxylation is 1. The molecule has 0 radical (unpaired) electrons. The van der Waals surface area contributed by atoms with Crippen molar-refractivity contribution in [3.05, 3.63) is 70.8 Å². The van der Waals surface area contributed by atoms with Crippen molar-refractivity contribution in [2.45, 2.75) is 31.3 Å². The number of fused-ring (bicyclic) bond motifs is 2. The topological polar surface area (TPSA) is 72.6 Å². The van der Waals surface area contributed by atoms with Crippen LogP contribution in [0.1, 0.15) is 52.0 Å². The molecule has 0 fully saturated rings. The molecule has 2 aromatic carbocycles. The van der Waals surface area contributed by atoms with Crippen LogP contribution in [0.3, 0.4) is 0 Å². The van der Waals surface area contributed by atoms with Crippen LogP contribution in [0.5, 0.6) is 0 Å². The van der Waals surface area contributed by atoms with Crippen LogP contribution in [-0.4, -0.2) is 24.3 Å². The number of benzene rings is 2. The maximum absolute atomic E-state index is 11.5. The van der Waals surface area contributed by atoms with E-state index < -0.39 is 0 Å². The molecule has 144 valence electrons. The minimum absolute atomic E-state index is 0. The predicted molar refractivity (Wildman–Crippen MR) is 113 cm³/mol. The van der Waals surface area contributed by atoms with E-state index in [0.717, 1.165) is 11.1 Å². The molecule has 28 heavy (non-hydrogen) atoms. The van der Waals surface area contributed by atoms with Crippen molar-refractivity contribution in [1.29, 1.82) is 0 Å². The number of hydrogen-bond donors (Lipinski definition) is 2. The second-order valence-electron chi connectivity index (χ2n) is 6.73. The van der Waals surface area contributed by atoms with Gasteiger partial charge in [0.2, 0.25) is 0 Å². The summed E-state index contributed by atoms with van der Waals surface area (Å²) in [6.07, 6.45) is 13.3. The second kappa shape index (κ2) is 10.4. The zero-order valence-electron chi connectivity index (χ0n) is 15.9. The minimum Gasteiger partial charge on any atom is -0.412 e. The number of terminal acetylenes is 2. The molecule has 2 aliphatic rings. The Bertz CT molecular complexity index is 892. The third-order valence-corrected chi connectivity index (χ3v) is 5.06. The molecule has 0 heterocycles. The molecule has 0 aromatic heterocycles. The fourth-order valence-corrected chi connectivity index (χ4v) is 3.78. The lowest BCUT2D eigenvalue weighted by molar-refractivity contribution is 0.0986. The molecule has 2 atom stereocenters. The van der Waals surface area contributed by atoms with Gasteiger partial charge < -0.3 is 5.48 Å². The SMILES string of the molecule is C#CCN[C@@H]1CC(=O)c2ccccc21.C#CCN[C@@H]1CCc2ccccc21.O. The van der Waals surface area contributed by atoms with E-state index in [0.29, 0.717) is 25.6 Å². The van der Waals surface area contributed by atoms with Gasteiger partial charge in [-0.25, -0.2) is 0 Å². The highest BCUT2D eigenvalue weighted by molar-refractivity contribution is 6.01. The van der Waals surface area contributed by atoms with Crippen molar-refractivity contribution in [2.24, 2.45) is 0 Å². The summed E-state index contributed by atoms with van der Waals surface area (Å²) in [5.41, 5.74) is 4.81. The van der Waals surface area contributed by atoms with Gasteiger partial charge in [0, 0.05) is 24.1 Å². The summed E-state index contributed by atoms with van der Waals surface area (Å²) in [5, 5.41) is 6.51. The third kappa shape index (κ3) is 4.88. The second-order valence-corrected chi connectivity index (χ2v) is 6.73. The lowest BCUT2D eigenvalue weighted by atomic mass is 10.1. The van der Waals surface area contributed by atoms with Crippen LogP contribution in [0.2, 0.25) is 0 Å². The van der Waals surface area contributed by atoms with Gasteiger partial charge >= 0.3 is 0 Å². The van der Waals surface area contributed by atoms with Crippen LogP contribution in [0, 0.1) is 24.7 Å². The molecule has 0 bridgehead atoms. The quantitative estimate of drug-likeness (QED) is 0.808. The van der Waals surface area contributed by atoms with Crippen molar-refractivity contribution < 1.29 is 10.3 Å². The first-order valence-corrected chi connectivity index (χ1v) is 9.28. The van der Waals surface area contributed by atoms with Gasteiger partial charge in [-0.05, 0) is 29.5 Å². The molecular formula is C24H26N2O2. The van der Waals surface area contributed by atoms with Crippen LogP contribution >= 0.6 is 0 Å². The van der Waals surface area contributed by atoms with Gasteiger partial charge in [-0.2, -0.15) is 0 Å². The predicted octanol–water partition coefficient (Wildman–Crippen LogP) is 2.61. The van der Waals surface area contributed by atoms with E-state index >= 15 is 0 Å². The van der Waals surface area contributed by atoms with E-state index in [2.05, 4.69) is 46.7 Å². The largest absolute Gasteiger partial charge is 0.412 e. The van der Waals surface area contributed by atoms with Gasteiger partial charge in [0.1, 0.15) is 0 Å². The molecule has 4 heteroatoms. The molecule has 0 saturated heterocycles. The Morgan fingerprint density at radius 3 is 2.21 bits per heavy atom. The molecule has 0 amide bonds.